The van der Waals surface area contributed by atoms with E-state index in [2.05, 4.69) is 0 Å². The molecule has 1 heterocycles. The van der Waals surface area contributed by atoms with Crippen LogP contribution in [-0.2, 0) is 10.0 Å². The second-order valence-corrected chi connectivity index (χ2v) is 6.89. The quantitative estimate of drug-likeness (QED) is 0.660. The van der Waals surface area contributed by atoms with Gasteiger partial charge < -0.3 is 5.11 Å². The van der Waals surface area contributed by atoms with E-state index in [1.807, 2.05) is 0 Å². The van der Waals surface area contributed by atoms with Gasteiger partial charge in [0.05, 0.1) is 15.4 Å². The molecule has 0 spiro atoms. The summed E-state index contributed by atoms with van der Waals surface area (Å²) in [5.74, 6) is -1.10. The molecule has 0 amide bonds. The Labute approximate surface area is 114 Å². The molecule has 1 aromatic carbocycles. The Kier molecular flexibility index (Phi) is 3.53. The van der Waals surface area contributed by atoms with Crippen LogP contribution in [0.1, 0.15) is 13.3 Å². The van der Waals surface area contributed by atoms with Crippen LogP contribution in [0, 0.1) is 15.9 Å². The molecule has 9 heteroatoms. The van der Waals surface area contributed by atoms with E-state index in [1.54, 1.807) is 0 Å². The van der Waals surface area contributed by atoms with Crippen LogP contribution in [0.2, 0.25) is 0 Å². The van der Waals surface area contributed by atoms with Gasteiger partial charge in [0.25, 0.3) is 0 Å². The zero-order valence-electron chi connectivity index (χ0n) is 10.6. The van der Waals surface area contributed by atoms with Gasteiger partial charge in [0.1, 0.15) is 0 Å². The average Bonchev–Trinajstić information content (AvgIpc) is 2.70. The molecule has 110 valence electrons. The molecule has 1 saturated heterocycles. The minimum atomic E-state index is -3.98. The smallest absolute Gasteiger partial charge is 0.306 e. The Bertz CT molecular complexity index is 659. The van der Waals surface area contributed by atoms with E-state index >= 15 is 0 Å². The number of nitro groups is 1. The third kappa shape index (κ3) is 2.65. The molecule has 20 heavy (non-hydrogen) atoms. The monoisotopic (exact) mass is 304 g/mol. The van der Waals surface area contributed by atoms with Crippen LogP contribution in [0.4, 0.5) is 10.1 Å². The number of aliphatic hydroxyl groups is 1. The van der Waals surface area contributed by atoms with Crippen LogP contribution in [0.3, 0.4) is 0 Å². The first-order valence-electron chi connectivity index (χ1n) is 5.80. The summed E-state index contributed by atoms with van der Waals surface area (Å²) in [6.07, 6.45) is 0.273. The van der Waals surface area contributed by atoms with E-state index in [0.717, 1.165) is 16.4 Å². The van der Waals surface area contributed by atoms with Crippen molar-refractivity contribution >= 4 is 15.7 Å². The van der Waals surface area contributed by atoms with Crippen LogP contribution in [0.5, 0.6) is 0 Å². The standard InChI is InChI=1S/C11H13FN2O5S/c1-11(15)4-5-13(7-11)20(18,19)8-2-3-9(12)10(6-8)14(16)17/h2-3,6,15H,4-5,7H2,1H3. The highest BCUT2D eigenvalue weighted by Gasteiger charge is 2.39. The van der Waals surface area contributed by atoms with Crippen molar-refractivity contribution in [3.63, 3.8) is 0 Å². The van der Waals surface area contributed by atoms with E-state index in [1.165, 1.54) is 6.92 Å². The summed E-state index contributed by atoms with van der Waals surface area (Å²) >= 11 is 0. The van der Waals surface area contributed by atoms with Gasteiger partial charge in [0.15, 0.2) is 0 Å². The summed E-state index contributed by atoms with van der Waals surface area (Å²) in [5.41, 5.74) is -2.02. The third-order valence-electron chi connectivity index (χ3n) is 3.17. The SMILES string of the molecule is CC1(O)CCN(S(=O)(=O)c2ccc(F)c([N+](=O)[O-])c2)C1. The molecule has 0 aliphatic carbocycles. The zero-order valence-corrected chi connectivity index (χ0v) is 11.4. The number of nitrogens with zero attached hydrogens (tertiary/aromatic N) is 2. The zero-order chi connectivity index (χ0) is 15.1. The molecule has 1 aromatic rings. The second-order valence-electron chi connectivity index (χ2n) is 4.96. The number of rotatable bonds is 3. The molecular formula is C11H13FN2O5S. The van der Waals surface area contributed by atoms with Gasteiger partial charge in [-0.05, 0) is 25.5 Å². The maximum Gasteiger partial charge on any atom is 0.306 e. The van der Waals surface area contributed by atoms with Crippen molar-refractivity contribution in [2.75, 3.05) is 13.1 Å². The van der Waals surface area contributed by atoms with E-state index < -0.39 is 32.1 Å². The molecule has 0 bridgehead atoms. The Balaban J connectivity index is 2.41. The Morgan fingerprint density at radius 2 is 2.15 bits per heavy atom. The van der Waals surface area contributed by atoms with Gasteiger partial charge in [-0.3, -0.25) is 10.1 Å². The van der Waals surface area contributed by atoms with Crippen molar-refractivity contribution in [1.82, 2.24) is 4.31 Å². The normalized spacial score (nSPS) is 23.9. The number of benzene rings is 1. The fourth-order valence-electron chi connectivity index (χ4n) is 2.05. The summed E-state index contributed by atoms with van der Waals surface area (Å²) in [4.78, 5) is 9.31. The highest BCUT2D eigenvalue weighted by atomic mass is 32.2. The first kappa shape index (κ1) is 14.8. The highest BCUT2D eigenvalue weighted by molar-refractivity contribution is 7.89. The molecule has 1 atom stereocenters. The topological polar surface area (TPSA) is 101 Å². The van der Waals surface area contributed by atoms with Gasteiger partial charge in [0.2, 0.25) is 15.8 Å². The van der Waals surface area contributed by atoms with Gasteiger partial charge in [-0.15, -0.1) is 0 Å². The molecule has 1 N–H and O–H groups in total. The predicted octanol–water partition coefficient (Wildman–Crippen LogP) is 0.879. The lowest BCUT2D eigenvalue weighted by Gasteiger charge is -2.18. The van der Waals surface area contributed by atoms with E-state index in [9.17, 15) is 28.0 Å². The second kappa shape index (κ2) is 4.76. The summed E-state index contributed by atoms with van der Waals surface area (Å²) < 4.78 is 38.8. The van der Waals surface area contributed by atoms with Crippen LogP contribution in [0.15, 0.2) is 23.1 Å². The lowest BCUT2D eigenvalue weighted by atomic mass is 10.1. The Hall–Kier alpha value is -1.58. The molecule has 0 aromatic heterocycles. The lowest BCUT2D eigenvalue weighted by molar-refractivity contribution is -0.387. The fourth-order valence-corrected chi connectivity index (χ4v) is 3.63. The van der Waals surface area contributed by atoms with Gasteiger partial charge in [-0.1, -0.05) is 0 Å². The fraction of sp³-hybridized carbons (Fsp3) is 0.455. The Morgan fingerprint density at radius 3 is 2.65 bits per heavy atom. The van der Waals surface area contributed by atoms with Crippen molar-refractivity contribution in [1.29, 1.82) is 0 Å². The number of halogens is 1. The highest BCUT2D eigenvalue weighted by Crippen LogP contribution is 2.29. The Morgan fingerprint density at radius 1 is 1.50 bits per heavy atom. The van der Waals surface area contributed by atoms with E-state index in [4.69, 9.17) is 0 Å². The number of nitro benzene ring substituents is 1. The molecule has 1 aliphatic rings. The van der Waals surface area contributed by atoms with Gasteiger partial charge in [-0.2, -0.15) is 8.70 Å². The van der Waals surface area contributed by atoms with Gasteiger partial charge in [-0.25, -0.2) is 8.42 Å². The molecule has 2 rings (SSSR count). The minimum absolute atomic E-state index is 0.0967. The van der Waals surface area contributed by atoms with Gasteiger partial charge >= 0.3 is 5.69 Å². The van der Waals surface area contributed by atoms with Crippen molar-refractivity contribution in [2.24, 2.45) is 0 Å². The largest absolute Gasteiger partial charge is 0.389 e. The number of β-amino-alcohol motifs (C(OH)–C–C–N with tert-alkyl or cyclic N) is 1. The van der Waals surface area contributed by atoms with Crippen LogP contribution in [0.25, 0.3) is 0 Å². The number of sulfonamides is 1. The van der Waals surface area contributed by atoms with Crippen LogP contribution < -0.4 is 0 Å². The van der Waals surface area contributed by atoms with Crippen LogP contribution in [-0.4, -0.2) is 41.4 Å². The van der Waals surface area contributed by atoms with Gasteiger partial charge in [0, 0.05) is 19.2 Å². The number of hydrogen-bond acceptors (Lipinski definition) is 5. The first-order chi connectivity index (χ1) is 9.13. The maximum atomic E-state index is 13.2. The minimum Gasteiger partial charge on any atom is -0.389 e. The molecule has 1 aliphatic heterocycles. The molecule has 7 nitrogen and oxygen atoms in total. The molecular weight excluding hydrogens is 291 g/mol. The summed E-state index contributed by atoms with van der Waals surface area (Å²) in [6, 6.07) is 2.42. The number of hydrogen-bond donors (Lipinski definition) is 1. The van der Waals surface area contributed by atoms with E-state index in [0.29, 0.717) is 6.07 Å². The summed E-state index contributed by atoms with van der Waals surface area (Å²) in [7, 11) is -3.98. The third-order valence-corrected chi connectivity index (χ3v) is 5.01. The predicted molar refractivity (Wildman–Crippen MR) is 67.1 cm³/mol. The summed E-state index contributed by atoms with van der Waals surface area (Å²) in [5, 5.41) is 20.4. The maximum absolute atomic E-state index is 13.2. The van der Waals surface area contributed by atoms with Crippen molar-refractivity contribution in [2.45, 2.75) is 23.8 Å². The van der Waals surface area contributed by atoms with E-state index in [-0.39, 0.29) is 24.4 Å². The first-order valence-corrected chi connectivity index (χ1v) is 7.24. The molecule has 1 fully saturated rings. The van der Waals surface area contributed by atoms with Crippen molar-refractivity contribution in [3.8, 4) is 0 Å². The average molecular weight is 304 g/mol. The molecule has 1 unspecified atom stereocenters. The van der Waals surface area contributed by atoms with Crippen molar-refractivity contribution < 1.29 is 22.8 Å². The lowest BCUT2D eigenvalue weighted by Crippen LogP contribution is -2.34. The molecule has 0 radical (unpaired) electrons. The van der Waals surface area contributed by atoms with Crippen molar-refractivity contribution in [3.05, 3.63) is 34.1 Å². The molecule has 0 saturated carbocycles. The van der Waals surface area contributed by atoms with Crippen LogP contribution >= 0.6 is 0 Å². The summed E-state index contributed by atoms with van der Waals surface area (Å²) in [6.45, 7) is 1.52.